The number of rotatable bonds is 6. The largest absolute Gasteiger partial charge is 0.493 e. The average Bonchev–Trinajstić information content (AvgIpc) is 3.02. The van der Waals surface area contributed by atoms with Gasteiger partial charge in [0.1, 0.15) is 5.58 Å². The van der Waals surface area contributed by atoms with Crippen LogP contribution in [0.1, 0.15) is 34.6 Å². The zero-order chi connectivity index (χ0) is 21.4. The van der Waals surface area contributed by atoms with Gasteiger partial charge in [0.05, 0.1) is 37.3 Å². The number of methoxy groups -OCH3 is 1. The molecule has 4 rings (SSSR count). The third kappa shape index (κ3) is 3.20. The van der Waals surface area contributed by atoms with Crippen molar-refractivity contribution in [3.63, 3.8) is 0 Å². The fraction of sp³-hybridized carbons (Fsp3) is 0.273. The number of hydrogen-bond acceptors (Lipinski definition) is 6. The van der Waals surface area contributed by atoms with E-state index in [-0.39, 0.29) is 35.5 Å². The van der Waals surface area contributed by atoms with Gasteiger partial charge < -0.3 is 23.9 Å². The van der Waals surface area contributed by atoms with Crippen LogP contribution in [-0.4, -0.2) is 42.8 Å². The summed E-state index contributed by atoms with van der Waals surface area (Å²) in [6, 6.07) is 9.18. The molecule has 0 fully saturated rings. The number of ether oxygens (including phenoxy) is 2. The second-order valence-corrected chi connectivity index (χ2v) is 7.22. The number of halogens is 1. The highest BCUT2D eigenvalue weighted by molar-refractivity contribution is 6.31. The molecule has 0 saturated heterocycles. The molecule has 1 aliphatic rings. The molecule has 1 aromatic heterocycles. The molecule has 1 atom stereocenters. The molecule has 1 N–H and O–H groups in total. The first-order chi connectivity index (χ1) is 14.5. The molecule has 8 heteroatoms. The van der Waals surface area contributed by atoms with Gasteiger partial charge in [0.25, 0.3) is 5.91 Å². The SMILES string of the molecule is CCOc1ccc(C2c3c(oc4ccc(Cl)cc4c3=O)C(=O)N2CCO)cc1OC. The number of aliphatic hydroxyl groups is 1. The Morgan fingerprint density at radius 1 is 1.17 bits per heavy atom. The van der Waals surface area contributed by atoms with Crippen molar-refractivity contribution in [1.82, 2.24) is 4.90 Å². The second kappa shape index (κ2) is 8.01. The summed E-state index contributed by atoms with van der Waals surface area (Å²) in [5, 5.41) is 10.2. The van der Waals surface area contributed by atoms with Gasteiger partial charge in [-0.2, -0.15) is 0 Å². The van der Waals surface area contributed by atoms with Gasteiger partial charge in [-0.15, -0.1) is 0 Å². The first-order valence-electron chi connectivity index (χ1n) is 9.49. The Morgan fingerprint density at radius 2 is 1.97 bits per heavy atom. The van der Waals surface area contributed by atoms with Crippen molar-refractivity contribution in [2.45, 2.75) is 13.0 Å². The third-order valence-electron chi connectivity index (χ3n) is 5.07. The molecule has 0 spiro atoms. The highest BCUT2D eigenvalue weighted by atomic mass is 35.5. The Hall–Kier alpha value is -3.03. The molecule has 3 aromatic rings. The van der Waals surface area contributed by atoms with Crippen LogP contribution in [0.4, 0.5) is 0 Å². The summed E-state index contributed by atoms with van der Waals surface area (Å²) in [7, 11) is 1.52. The molecule has 2 heterocycles. The van der Waals surface area contributed by atoms with Gasteiger partial charge in [-0.25, -0.2) is 0 Å². The first kappa shape index (κ1) is 20.3. The molecule has 0 bridgehead atoms. The first-order valence-corrected chi connectivity index (χ1v) is 9.86. The fourth-order valence-electron chi connectivity index (χ4n) is 3.81. The summed E-state index contributed by atoms with van der Waals surface area (Å²) in [5.74, 6) is 0.554. The highest BCUT2D eigenvalue weighted by Crippen LogP contribution is 2.40. The van der Waals surface area contributed by atoms with Gasteiger partial charge in [0.2, 0.25) is 5.76 Å². The lowest BCUT2D eigenvalue weighted by atomic mass is 9.98. The fourth-order valence-corrected chi connectivity index (χ4v) is 3.98. The minimum Gasteiger partial charge on any atom is -0.493 e. The number of carbonyl (C=O) groups is 1. The van der Waals surface area contributed by atoms with E-state index in [0.717, 1.165) is 0 Å². The van der Waals surface area contributed by atoms with Gasteiger partial charge in [-0.05, 0) is 42.8 Å². The van der Waals surface area contributed by atoms with Crippen LogP contribution in [0.5, 0.6) is 11.5 Å². The standard InChI is InChI=1S/C22H20ClNO6/c1-3-29-16-6-4-12(10-17(16)28-2)19-18-20(26)14-11-13(23)5-7-15(14)30-21(18)22(27)24(19)8-9-25/h4-7,10-11,19,25H,3,8-9H2,1-2H3. The molecular formula is C22H20ClNO6. The highest BCUT2D eigenvalue weighted by Gasteiger charge is 2.42. The molecule has 1 unspecified atom stereocenters. The number of amides is 1. The van der Waals surface area contributed by atoms with E-state index in [1.165, 1.54) is 18.1 Å². The Bertz CT molecular complexity index is 1190. The van der Waals surface area contributed by atoms with E-state index in [1.54, 1.807) is 30.3 Å². The van der Waals surface area contributed by atoms with Crippen molar-refractivity contribution in [3.05, 3.63) is 68.5 Å². The molecule has 1 amide bonds. The van der Waals surface area contributed by atoms with Crippen LogP contribution in [0.25, 0.3) is 11.0 Å². The van der Waals surface area contributed by atoms with Crippen molar-refractivity contribution >= 4 is 28.5 Å². The molecule has 156 valence electrons. The van der Waals surface area contributed by atoms with Crippen LogP contribution < -0.4 is 14.9 Å². The van der Waals surface area contributed by atoms with Crippen molar-refractivity contribution < 1.29 is 23.8 Å². The van der Waals surface area contributed by atoms with Crippen molar-refractivity contribution in [2.75, 3.05) is 26.9 Å². The molecular weight excluding hydrogens is 410 g/mol. The summed E-state index contributed by atoms with van der Waals surface area (Å²) >= 11 is 6.07. The van der Waals surface area contributed by atoms with E-state index in [2.05, 4.69) is 0 Å². The molecule has 0 aliphatic carbocycles. The molecule has 0 saturated carbocycles. The topological polar surface area (TPSA) is 89.2 Å². The Morgan fingerprint density at radius 3 is 2.67 bits per heavy atom. The van der Waals surface area contributed by atoms with E-state index in [9.17, 15) is 14.7 Å². The average molecular weight is 430 g/mol. The number of carbonyl (C=O) groups excluding carboxylic acids is 1. The Labute approximate surface area is 177 Å². The van der Waals surface area contributed by atoms with Gasteiger partial charge in [0.15, 0.2) is 16.9 Å². The third-order valence-corrected chi connectivity index (χ3v) is 5.31. The number of benzene rings is 2. The Kier molecular flexibility index (Phi) is 5.40. The lowest BCUT2D eigenvalue weighted by molar-refractivity contribution is 0.0691. The molecule has 1 aliphatic heterocycles. The summed E-state index contributed by atoms with van der Waals surface area (Å²) < 4.78 is 16.8. The summed E-state index contributed by atoms with van der Waals surface area (Å²) in [6.07, 6.45) is 0. The number of fused-ring (bicyclic) bond motifs is 2. The van der Waals surface area contributed by atoms with Crippen LogP contribution >= 0.6 is 11.6 Å². The maximum atomic E-state index is 13.4. The van der Waals surface area contributed by atoms with Gasteiger partial charge >= 0.3 is 0 Å². The normalized spacial score (nSPS) is 15.5. The predicted octanol–water partition coefficient (Wildman–Crippen LogP) is 3.39. The maximum Gasteiger partial charge on any atom is 0.290 e. The van der Waals surface area contributed by atoms with E-state index in [1.807, 2.05) is 6.92 Å². The second-order valence-electron chi connectivity index (χ2n) is 6.78. The number of aliphatic hydroxyl groups excluding tert-OH is 1. The smallest absolute Gasteiger partial charge is 0.290 e. The van der Waals surface area contributed by atoms with Crippen LogP contribution in [0.3, 0.4) is 0 Å². The Balaban J connectivity index is 1.95. The van der Waals surface area contributed by atoms with Crippen molar-refractivity contribution in [3.8, 4) is 11.5 Å². The molecule has 30 heavy (non-hydrogen) atoms. The van der Waals surface area contributed by atoms with Crippen LogP contribution in [0, 0.1) is 0 Å². The number of β-amino-alcohol motifs (C(OH)–C–C–N with tert-alkyl or cyclic N) is 1. The zero-order valence-electron chi connectivity index (χ0n) is 16.5. The molecule has 0 radical (unpaired) electrons. The van der Waals surface area contributed by atoms with Crippen LogP contribution in [0.15, 0.2) is 45.6 Å². The zero-order valence-corrected chi connectivity index (χ0v) is 17.2. The van der Waals surface area contributed by atoms with E-state index >= 15 is 0 Å². The number of hydrogen-bond donors (Lipinski definition) is 1. The van der Waals surface area contributed by atoms with E-state index in [4.69, 9.17) is 25.5 Å². The van der Waals surface area contributed by atoms with E-state index in [0.29, 0.717) is 34.1 Å². The van der Waals surface area contributed by atoms with Gasteiger partial charge in [0, 0.05) is 11.6 Å². The maximum absolute atomic E-state index is 13.4. The lowest BCUT2D eigenvalue weighted by Gasteiger charge is -2.25. The predicted molar refractivity (Wildman–Crippen MR) is 112 cm³/mol. The summed E-state index contributed by atoms with van der Waals surface area (Å²) in [5.41, 5.74) is 0.810. The van der Waals surface area contributed by atoms with E-state index < -0.39 is 11.9 Å². The minimum atomic E-state index is -0.733. The summed E-state index contributed by atoms with van der Waals surface area (Å²) in [4.78, 5) is 27.8. The monoisotopic (exact) mass is 429 g/mol. The van der Waals surface area contributed by atoms with Gasteiger partial charge in [-0.1, -0.05) is 17.7 Å². The molecule has 7 nitrogen and oxygen atoms in total. The van der Waals surface area contributed by atoms with Crippen LogP contribution in [-0.2, 0) is 0 Å². The van der Waals surface area contributed by atoms with Crippen molar-refractivity contribution in [2.24, 2.45) is 0 Å². The van der Waals surface area contributed by atoms with Crippen LogP contribution in [0.2, 0.25) is 5.02 Å². The number of nitrogens with zero attached hydrogens (tertiary/aromatic N) is 1. The minimum absolute atomic E-state index is 0.0267. The summed E-state index contributed by atoms with van der Waals surface area (Å²) in [6.45, 7) is 2.11. The van der Waals surface area contributed by atoms with Crippen molar-refractivity contribution in [1.29, 1.82) is 0 Å². The molecule has 2 aromatic carbocycles. The van der Waals surface area contributed by atoms with Gasteiger partial charge in [-0.3, -0.25) is 9.59 Å². The lowest BCUT2D eigenvalue weighted by Crippen LogP contribution is -2.32. The quantitative estimate of drug-likeness (QED) is 0.646.